The van der Waals surface area contributed by atoms with Gasteiger partial charge in [0.05, 0.1) is 4.90 Å². The summed E-state index contributed by atoms with van der Waals surface area (Å²) in [7, 11) is -3.38. The molecular weight excluding hydrogens is 248 g/mol. The van der Waals surface area contributed by atoms with E-state index >= 15 is 0 Å². The van der Waals surface area contributed by atoms with Crippen LogP contribution < -0.4 is 10.0 Å². The van der Waals surface area contributed by atoms with Crippen LogP contribution in [0, 0.1) is 5.41 Å². The second-order valence-electron chi connectivity index (χ2n) is 5.23. The van der Waals surface area contributed by atoms with E-state index in [1.54, 1.807) is 24.3 Å². The van der Waals surface area contributed by atoms with E-state index in [0.717, 1.165) is 25.9 Å². The second-order valence-corrected chi connectivity index (χ2v) is 7.00. The molecule has 0 aliphatic carbocycles. The Morgan fingerprint density at radius 2 is 2.06 bits per heavy atom. The van der Waals surface area contributed by atoms with Gasteiger partial charge in [-0.3, -0.25) is 0 Å². The normalized spacial score (nSPS) is 24.9. The molecule has 0 radical (unpaired) electrons. The Hall–Kier alpha value is -0.910. The third-order valence-electron chi connectivity index (χ3n) is 3.43. The van der Waals surface area contributed by atoms with E-state index in [-0.39, 0.29) is 5.41 Å². The lowest BCUT2D eigenvalue weighted by molar-refractivity contribution is 0.238. The molecule has 0 aromatic heterocycles. The summed E-state index contributed by atoms with van der Waals surface area (Å²) in [5, 5.41) is 3.32. The predicted molar refractivity (Wildman–Crippen MR) is 71.8 cm³/mol. The molecular formula is C13H20N2O2S. The van der Waals surface area contributed by atoms with Crippen LogP contribution in [-0.4, -0.2) is 28.1 Å². The van der Waals surface area contributed by atoms with Gasteiger partial charge in [-0.25, -0.2) is 13.1 Å². The molecule has 18 heavy (non-hydrogen) atoms. The van der Waals surface area contributed by atoms with Gasteiger partial charge in [0.25, 0.3) is 0 Å². The maximum absolute atomic E-state index is 12.1. The minimum Gasteiger partial charge on any atom is -0.316 e. The fourth-order valence-corrected chi connectivity index (χ4v) is 3.44. The summed E-state index contributed by atoms with van der Waals surface area (Å²) < 4.78 is 26.9. The second kappa shape index (κ2) is 5.38. The standard InChI is InChI=1S/C13H20N2O2S/c1-13(8-5-9-14-10-13)11-15-18(16,17)12-6-3-2-4-7-12/h2-4,6-7,14-15H,5,8-11H2,1H3. The van der Waals surface area contributed by atoms with Gasteiger partial charge in [0, 0.05) is 13.1 Å². The van der Waals surface area contributed by atoms with E-state index in [0.29, 0.717) is 11.4 Å². The van der Waals surface area contributed by atoms with Crippen molar-refractivity contribution in [2.45, 2.75) is 24.7 Å². The zero-order chi connectivity index (χ0) is 13.1. The summed E-state index contributed by atoms with van der Waals surface area (Å²) in [6, 6.07) is 8.51. The van der Waals surface area contributed by atoms with Crippen molar-refractivity contribution in [2.75, 3.05) is 19.6 Å². The van der Waals surface area contributed by atoms with Crippen LogP contribution in [0.5, 0.6) is 0 Å². The molecule has 1 fully saturated rings. The lowest BCUT2D eigenvalue weighted by Gasteiger charge is -2.34. The van der Waals surface area contributed by atoms with Crippen LogP contribution in [0.1, 0.15) is 19.8 Å². The van der Waals surface area contributed by atoms with Gasteiger partial charge in [0.15, 0.2) is 0 Å². The number of nitrogens with one attached hydrogen (secondary N) is 2. The summed E-state index contributed by atoms with van der Waals surface area (Å²) in [5.41, 5.74) is 0.0140. The van der Waals surface area contributed by atoms with Crippen LogP contribution in [0.15, 0.2) is 35.2 Å². The van der Waals surface area contributed by atoms with E-state index < -0.39 is 10.0 Å². The van der Waals surface area contributed by atoms with Crippen molar-refractivity contribution in [1.29, 1.82) is 0 Å². The van der Waals surface area contributed by atoms with Gasteiger partial charge in [-0.1, -0.05) is 25.1 Å². The first-order valence-electron chi connectivity index (χ1n) is 6.27. The maximum Gasteiger partial charge on any atom is 0.240 e. The minimum atomic E-state index is -3.38. The highest BCUT2D eigenvalue weighted by Crippen LogP contribution is 2.24. The van der Waals surface area contributed by atoms with E-state index in [1.807, 2.05) is 6.07 Å². The Bertz CT molecular complexity index is 479. The van der Waals surface area contributed by atoms with E-state index in [2.05, 4.69) is 17.0 Å². The highest BCUT2D eigenvalue weighted by Gasteiger charge is 2.28. The molecule has 0 amide bonds. The predicted octanol–water partition coefficient (Wildman–Crippen LogP) is 1.35. The Labute approximate surface area is 109 Å². The summed E-state index contributed by atoms with van der Waals surface area (Å²) in [6.45, 7) is 4.50. The molecule has 1 atom stereocenters. The number of piperidine rings is 1. The van der Waals surface area contributed by atoms with Crippen LogP contribution in [-0.2, 0) is 10.0 Å². The fraction of sp³-hybridized carbons (Fsp3) is 0.538. The van der Waals surface area contributed by atoms with Crippen LogP contribution >= 0.6 is 0 Å². The number of hydrogen-bond donors (Lipinski definition) is 2. The van der Waals surface area contributed by atoms with Crippen LogP contribution in [0.3, 0.4) is 0 Å². The lowest BCUT2D eigenvalue weighted by atomic mass is 9.83. The molecule has 4 nitrogen and oxygen atoms in total. The Morgan fingerprint density at radius 1 is 1.33 bits per heavy atom. The van der Waals surface area contributed by atoms with Crippen LogP contribution in [0.2, 0.25) is 0 Å². The van der Waals surface area contributed by atoms with Gasteiger partial charge in [0.1, 0.15) is 0 Å². The van der Waals surface area contributed by atoms with Gasteiger partial charge >= 0.3 is 0 Å². The van der Waals surface area contributed by atoms with Gasteiger partial charge in [-0.15, -0.1) is 0 Å². The average Bonchev–Trinajstić information content (AvgIpc) is 2.39. The summed E-state index contributed by atoms with van der Waals surface area (Å²) in [4.78, 5) is 0.331. The third-order valence-corrected chi connectivity index (χ3v) is 4.85. The van der Waals surface area contributed by atoms with Gasteiger partial charge in [-0.2, -0.15) is 0 Å². The van der Waals surface area contributed by atoms with Crippen molar-refractivity contribution in [3.8, 4) is 0 Å². The quantitative estimate of drug-likeness (QED) is 0.867. The molecule has 2 N–H and O–H groups in total. The van der Waals surface area contributed by atoms with Gasteiger partial charge in [0.2, 0.25) is 10.0 Å². The molecule has 1 saturated heterocycles. The molecule has 1 aromatic rings. The van der Waals surface area contributed by atoms with Crippen LogP contribution in [0.25, 0.3) is 0 Å². The van der Waals surface area contributed by atoms with Crippen molar-refractivity contribution < 1.29 is 8.42 Å². The molecule has 1 heterocycles. The maximum atomic E-state index is 12.1. The molecule has 0 bridgehead atoms. The molecule has 1 aromatic carbocycles. The molecule has 1 aliphatic heterocycles. The van der Waals surface area contributed by atoms with E-state index in [9.17, 15) is 8.42 Å². The molecule has 1 unspecified atom stereocenters. The molecule has 100 valence electrons. The first-order chi connectivity index (χ1) is 8.52. The third kappa shape index (κ3) is 3.31. The Balaban J connectivity index is 2.01. The van der Waals surface area contributed by atoms with Crippen molar-refractivity contribution in [3.05, 3.63) is 30.3 Å². The molecule has 5 heteroatoms. The van der Waals surface area contributed by atoms with Gasteiger partial charge in [-0.05, 0) is 36.9 Å². The summed E-state index contributed by atoms with van der Waals surface area (Å²) in [6.07, 6.45) is 2.15. The number of sulfonamides is 1. The zero-order valence-electron chi connectivity index (χ0n) is 10.6. The Morgan fingerprint density at radius 3 is 2.67 bits per heavy atom. The van der Waals surface area contributed by atoms with Crippen LogP contribution in [0.4, 0.5) is 0 Å². The van der Waals surface area contributed by atoms with Crippen molar-refractivity contribution in [3.63, 3.8) is 0 Å². The lowest BCUT2D eigenvalue weighted by Crippen LogP contribution is -2.45. The van der Waals surface area contributed by atoms with Crippen molar-refractivity contribution >= 4 is 10.0 Å². The fourth-order valence-electron chi connectivity index (χ4n) is 2.22. The highest BCUT2D eigenvalue weighted by atomic mass is 32.2. The summed E-state index contributed by atoms with van der Waals surface area (Å²) in [5.74, 6) is 0. The van der Waals surface area contributed by atoms with Crippen molar-refractivity contribution in [2.24, 2.45) is 5.41 Å². The van der Waals surface area contributed by atoms with Crippen molar-refractivity contribution in [1.82, 2.24) is 10.0 Å². The van der Waals surface area contributed by atoms with Gasteiger partial charge < -0.3 is 5.32 Å². The molecule has 1 aliphatic rings. The number of hydrogen-bond acceptors (Lipinski definition) is 3. The molecule has 0 spiro atoms. The average molecular weight is 268 g/mol. The molecule has 0 saturated carbocycles. The molecule has 2 rings (SSSR count). The highest BCUT2D eigenvalue weighted by molar-refractivity contribution is 7.89. The first-order valence-corrected chi connectivity index (χ1v) is 7.76. The summed E-state index contributed by atoms with van der Waals surface area (Å²) >= 11 is 0. The largest absolute Gasteiger partial charge is 0.316 e. The zero-order valence-corrected chi connectivity index (χ0v) is 11.5. The minimum absolute atomic E-state index is 0.0140. The smallest absolute Gasteiger partial charge is 0.240 e. The Kier molecular flexibility index (Phi) is 4.04. The number of benzene rings is 1. The SMILES string of the molecule is CC1(CNS(=O)(=O)c2ccccc2)CCCNC1. The number of rotatable bonds is 4. The monoisotopic (exact) mass is 268 g/mol. The van der Waals surface area contributed by atoms with E-state index in [4.69, 9.17) is 0 Å². The van der Waals surface area contributed by atoms with E-state index in [1.165, 1.54) is 0 Å². The first kappa shape index (κ1) is 13.5. The topological polar surface area (TPSA) is 58.2 Å².